The standard InChI is InChI=1S/C30H28BrFN4O3/c1-18-2-4-20(5-3-18)25-16-36(15-19-8-10-39-11-9-19)17-26(28(25)37)30(38)35-22-6-7-23(27(32)13-22)24-12-21(31)14-34-29(24)33/h2-7,12-14,16-17,19H,8-11,15H2,1H3,(H2,33,34)(H,35,38). The summed E-state index contributed by atoms with van der Waals surface area (Å²) in [4.78, 5) is 30.9. The fourth-order valence-electron chi connectivity index (χ4n) is 4.74. The Morgan fingerprint density at radius 2 is 1.85 bits per heavy atom. The lowest BCUT2D eigenvalue weighted by Gasteiger charge is -2.23. The van der Waals surface area contributed by atoms with Gasteiger partial charge in [-0.05, 0) is 71.4 Å². The highest BCUT2D eigenvalue weighted by molar-refractivity contribution is 9.10. The molecule has 3 heterocycles. The Bertz CT molecular complexity index is 1580. The number of pyridine rings is 2. The molecule has 4 aromatic rings. The fraction of sp³-hybridized carbons (Fsp3) is 0.233. The van der Waals surface area contributed by atoms with E-state index in [-0.39, 0.29) is 28.1 Å². The number of nitrogens with one attached hydrogen (secondary N) is 1. The Labute approximate surface area is 234 Å². The number of nitrogens with zero attached hydrogens (tertiary/aromatic N) is 2. The number of aryl methyl sites for hydroxylation is 1. The molecule has 0 saturated carbocycles. The van der Waals surface area contributed by atoms with Crippen LogP contribution in [0.25, 0.3) is 22.3 Å². The third kappa shape index (κ3) is 6.10. The molecule has 1 aliphatic heterocycles. The number of hydrogen-bond donors (Lipinski definition) is 2. The Morgan fingerprint density at radius 3 is 2.56 bits per heavy atom. The second-order valence-electron chi connectivity index (χ2n) is 9.77. The van der Waals surface area contributed by atoms with Gasteiger partial charge in [0.2, 0.25) is 5.43 Å². The van der Waals surface area contributed by atoms with Crippen LogP contribution in [0.1, 0.15) is 28.8 Å². The average molecular weight is 591 g/mol. The molecule has 0 bridgehead atoms. The van der Waals surface area contributed by atoms with Crippen LogP contribution in [0.4, 0.5) is 15.9 Å². The number of hydrogen-bond acceptors (Lipinski definition) is 5. The zero-order valence-corrected chi connectivity index (χ0v) is 23.0. The molecule has 1 amide bonds. The van der Waals surface area contributed by atoms with Gasteiger partial charge in [0.05, 0.1) is 0 Å². The summed E-state index contributed by atoms with van der Waals surface area (Å²) in [6.45, 7) is 4.04. The summed E-state index contributed by atoms with van der Waals surface area (Å²) >= 11 is 3.33. The molecule has 1 saturated heterocycles. The largest absolute Gasteiger partial charge is 0.383 e. The topological polar surface area (TPSA) is 99.2 Å². The Balaban J connectivity index is 1.47. The number of nitrogen functional groups attached to an aromatic ring is 1. The smallest absolute Gasteiger partial charge is 0.261 e. The number of ether oxygens (including phenoxy) is 1. The first-order valence-electron chi connectivity index (χ1n) is 12.7. The number of anilines is 2. The van der Waals surface area contributed by atoms with Crippen molar-refractivity contribution in [3.05, 3.63) is 98.8 Å². The van der Waals surface area contributed by atoms with Gasteiger partial charge < -0.3 is 20.4 Å². The quantitative estimate of drug-likeness (QED) is 0.285. The number of carbonyl (C=O) groups excluding carboxylic acids is 1. The summed E-state index contributed by atoms with van der Waals surface area (Å²) < 4.78 is 23.1. The number of carbonyl (C=O) groups is 1. The predicted molar refractivity (Wildman–Crippen MR) is 154 cm³/mol. The highest BCUT2D eigenvalue weighted by Crippen LogP contribution is 2.31. The molecule has 0 aliphatic carbocycles. The van der Waals surface area contributed by atoms with Crippen molar-refractivity contribution in [2.45, 2.75) is 26.3 Å². The number of halogens is 2. The van der Waals surface area contributed by atoms with E-state index in [4.69, 9.17) is 10.5 Å². The van der Waals surface area contributed by atoms with Crippen LogP contribution in [-0.2, 0) is 11.3 Å². The number of aromatic nitrogens is 2. The van der Waals surface area contributed by atoms with E-state index in [1.807, 2.05) is 42.0 Å². The first-order valence-corrected chi connectivity index (χ1v) is 13.5. The molecule has 1 fully saturated rings. The van der Waals surface area contributed by atoms with Gasteiger partial charge in [0.1, 0.15) is 17.2 Å². The minimum Gasteiger partial charge on any atom is -0.383 e. The third-order valence-electron chi connectivity index (χ3n) is 6.90. The summed E-state index contributed by atoms with van der Waals surface area (Å²) in [5.74, 6) is -0.619. The van der Waals surface area contributed by atoms with Gasteiger partial charge in [0, 0.05) is 65.2 Å². The lowest BCUT2D eigenvalue weighted by Crippen LogP contribution is -2.26. The van der Waals surface area contributed by atoms with Crippen molar-refractivity contribution in [1.82, 2.24) is 9.55 Å². The minimum atomic E-state index is -0.606. The van der Waals surface area contributed by atoms with Gasteiger partial charge >= 0.3 is 0 Å². The molecule has 39 heavy (non-hydrogen) atoms. The summed E-state index contributed by atoms with van der Waals surface area (Å²) in [6, 6.07) is 13.6. The van der Waals surface area contributed by atoms with E-state index >= 15 is 4.39 Å². The van der Waals surface area contributed by atoms with E-state index in [9.17, 15) is 9.59 Å². The van der Waals surface area contributed by atoms with E-state index in [1.165, 1.54) is 18.3 Å². The van der Waals surface area contributed by atoms with Crippen molar-refractivity contribution in [3.63, 3.8) is 0 Å². The Morgan fingerprint density at radius 1 is 1.10 bits per heavy atom. The van der Waals surface area contributed by atoms with Gasteiger partial charge in [-0.15, -0.1) is 0 Å². The summed E-state index contributed by atoms with van der Waals surface area (Å²) in [5, 5.41) is 2.69. The molecule has 0 atom stereocenters. The molecule has 9 heteroatoms. The predicted octanol–water partition coefficient (Wildman–Crippen LogP) is 6.05. The van der Waals surface area contributed by atoms with Crippen LogP contribution in [0.2, 0.25) is 0 Å². The molecule has 200 valence electrons. The summed E-state index contributed by atoms with van der Waals surface area (Å²) in [6.07, 6.45) is 6.76. The van der Waals surface area contributed by atoms with Crippen LogP contribution in [0.3, 0.4) is 0 Å². The van der Waals surface area contributed by atoms with Gasteiger partial charge in [0.25, 0.3) is 5.91 Å². The number of rotatable bonds is 6. The SMILES string of the molecule is Cc1ccc(-c2cn(CC3CCOCC3)cc(C(=O)Nc3ccc(-c4cc(Br)cnc4N)c(F)c3)c2=O)cc1. The zero-order valence-electron chi connectivity index (χ0n) is 21.4. The third-order valence-corrected chi connectivity index (χ3v) is 7.33. The lowest BCUT2D eigenvalue weighted by molar-refractivity contribution is 0.0612. The van der Waals surface area contributed by atoms with E-state index in [0.29, 0.717) is 41.3 Å². The van der Waals surface area contributed by atoms with Crippen LogP contribution in [0.5, 0.6) is 0 Å². The molecule has 0 unspecified atom stereocenters. The number of amides is 1. The zero-order chi connectivity index (χ0) is 27.5. The maximum Gasteiger partial charge on any atom is 0.261 e. The van der Waals surface area contributed by atoms with Crippen molar-refractivity contribution in [3.8, 4) is 22.3 Å². The highest BCUT2D eigenvalue weighted by Gasteiger charge is 2.20. The van der Waals surface area contributed by atoms with Gasteiger partial charge in [-0.3, -0.25) is 9.59 Å². The van der Waals surface area contributed by atoms with Crippen molar-refractivity contribution in [2.24, 2.45) is 5.92 Å². The molecular weight excluding hydrogens is 563 g/mol. The molecule has 1 aliphatic rings. The fourth-order valence-corrected chi connectivity index (χ4v) is 5.07. The van der Waals surface area contributed by atoms with Gasteiger partial charge in [-0.1, -0.05) is 29.8 Å². The van der Waals surface area contributed by atoms with E-state index in [2.05, 4.69) is 26.2 Å². The summed E-state index contributed by atoms with van der Waals surface area (Å²) in [5.41, 5.74) is 8.69. The van der Waals surface area contributed by atoms with Crippen LogP contribution < -0.4 is 16.5 Å². The van der Waals surface area contributed by atoms with Crippen LogP contribution in [-0.4, -0.2) is 28.7 Å². The molecule has 0 radical (unpaired) electrons. The van der Waals surface area contributed by atoms with Crippen LogP contribution >= 0.6 is 15.9 Å². The van der Waals surface area contributed by atoms with Crippen molar-refractivity contribution < 1.29 is 13.9 Å². The number of nitrogens with two attached hydrogens (primary N) is 1. The molecule has 7 nitrogen and oxygen atoms in total. The van der Waals surface area contributed by atoms with E-state index in [0.717, 1.165) is 24.0 Å². The van der Waals surface area contributed by atoms with Gasteiger partial charge in [0.15, 0.2) is 0 Å². The highest BCUT2D eigenvalue weighted by atomic mass is 79.9. The van der Waals surface area contributed by atoms with E-state index < -0.39 is 11.7 Å². The monoisotopic (exact) mass is 590 g/mol. The maximum absolute atomic E-state index is 15.1. The van der Waals surface area contributed by atoms with E-state index in [1.54, 1.807) is 18.3 Å². The normalized spacial score (nSPS) is 13.8. The average Bonchev–Trinajstić information content (AvgIpc) is 2.92. The van der Waals surface area contributed by atoms with Crippen LogP contribution in [0.15, 0.2) is 76.4 Å². The first-order chi connectivity index (χ1) is 18.8. The van der Waals surface area contributed by atoms with Crippen molar-refractivity contribution >= 4 is 33.3 Å². The minimum absolute atomic E-state index is 0.00921. The molecule has 2 aromatic heterocycles. The second-order valence-corrected chi connectivity index (χ2v) is 10.7. The number of benzene rings is 2. The van der Waals surface area contributed by atoms with Crippen molar-refractivity contribution in [1.29, 1.82) is 0 Å². The summed E-state index contributed by atoms with van der Waals surface area (Å²) in [7, 11) is 0. The van der Waals surface area contributed by atoms with Crippen molar-refractivity contribution in [2.75, 3.05) is 24.3 Å². The maximum atomic E-state index is 15.1. The lowest BCUT2D eigenvalue weighted by atomic mass is 9.99. The van der Waals surface area contributed by atoms with Gasteiger partial charge in [-0.25, -0.2) is 9.37 Å². The first kappa shape index (κ1) is 26.8. The Hall–Kier alpha value is -3.82. The molecule has 0 spiro atoms. The van der Waals surface area contributed by atoms with Crippen LogP contribution in [0, 0.1) is 18.7 Å². The molecule has 5 rings (SSSR count). The van der Waals surface area contributed by atoms with Gasteiger partial charge in [-0.2, -0.15) is 0 Å². The second kappa shape index (κ2) is 11.5. The molecule has 2 aromatic carbocycles. The molecular formula is C30H28BrFN4O3. The Kier molecular flexibility index (Phi) is 7.90. The molecule has 3 N–H and O–H groups in total.